The van der Waals surface area contributed by atoms with Crippen LogP contribution >= 0.6 is 0 Å². The van der Waals surface area contributed by atoms with Gasteiger partial charge in [-0.2, -0.15) is 0 Å². The predicted octanol–water partition coefficient (Wildman–Crippen LogP) is -0.155. The minimum atomic E-state index is -0.0172. The molecule has 6 nitrogen and oxygen atoms in total. The van der Waals surface area contributed by atoms with Crippen molar-refractivity contribution in [1.82, 2.24) is 20.9 Å². The average Bonchev–Trinajstić information content (AvgIpc) is 2.78. The molecule has 1 atom stereocenters. The normalized spacial score (nSPS) is 25.1. The first-order chi connectivity index (χ1) is 10.2. The number of hydrogen-bond donors (Lipinski definition) is 3. The van der Waals surface area contributed by atoms with Gasteiger partial charge in [0, 0.05) is 26.2 Å². The standard InChI is InChI=1S/C15H28N4O2/c1-16-14(20)11-19-9-6-12(7-10-19)18-15(21)13-5-3-2-4-8-17-13/h12-13,17H,2-11H2,1H3,(H,16,20)(H,18,21). The van der Waals surface area contributed by atoms with E-state index in [2.05, 4.69) is 20.9 Å². The van der Waals surface area contributed by atoms with Gasteiger partial charge in [0.2, 0.25) is 11.8 Å². The maximum atomic E-state index is 12.3. The van der Waals surface area contributed by atoms with Crippen molar-refractivity contribution in [2.45, 2.75) is 50.6 Å². The minimum Gasteiger partial charge on any atom is -0.358 e. The molecular weight excluding hydrogens is 268 g/mol. The van der Waals surface area contributed by atoms with Gasteiger partial charge in [0.1, 0.15) is 0 Å². The van der Waals surface area contributed by atoms with Crippen LogP contribution in [0.25, 0.3) is 0 Å². The Kier molecular flexibility index (Phi) is 6.45. The largest absolute Gasteiger partial charge is 0.358 e. The monoisotopic (exact) mass is 296 g/mol. The van der Waals surface area contributed by atoms with E-state index in [4.69, 9.17) is 0 Å². The van der Waals surface area contributed by atoms with Gasteiger partial charge in [-0.1, -0.05) is 12.8 Å². The van der Waals surface area contributed by atoms with Gasteiger partial charge in [-0.25, -0.2) is 0 Å². The van der Waals surface area contributed by atoms with E-state index in [-0.39, 0.29) is 23.9 Å². The molecule has 2 aliphatic heterocycles. The SMILES string of the molecule is CNC(=O)CN1CCC(NC(=O)C2CCCCCN2)CC1. The first-order valence-electron chi connectivity index (χ1n) is 8.15. The highest BCUT2D eigenvalue weighted by atomic mass is 16.2. The van der Waals surface area contributed by atoms with Crippen LogP contribution in [0.3, 0.4) is 0 Å². The highest BCUT2D eigenvalue weighted by Crippen LogP contribution is 2.12. The molecule has 2 amide bonds. The molecule has 21 heavy (non-hydrogen) atoms. The molecule has 0 aromatic heterocycles. The van der Waals surface area contributed by atoms with Crippen LogP contribution < -0.4 is 16.0 Å². The molecule has 3 N–H and O–H groups in total. The number of carbonyl (C=O) groups is 2. The second kappa shape index (κ2) is 8.34. The summed E-state index contributed by atoms with van der Waals surface area (Å²) in [6.07, 6.45) is 6.32. The molecule has 2 saturated heterocycles. The molecule has 0 bridgehead atoms. The maximum absolute atomic E-state index is 12.3. The van der Waals surface area contributed by atoms with Gasteiger partial charge >= 0.3 is 0 Å². The summed E-state index contributed by atoms with van der Waals surface area (Å²) in [6, 6.07) is 0.236. The fourth-order valence-electron chi connectivity index (χ4n) is 3.07. The fourth-order valence-corrected chi connectivity index (χ4v) is 3.07. The molecule has 2 heterocycles. The van der Waals surface area contributed by atoms with Gasteiger partial charge in [0.15, 0.2) is 0 Å². The quantitative estimate of drug-likeness (QED) is 0.674. The van der Waals surface area contributed by atoms with Gasteiger partial charge in [-0.05, 0) is 32.2 Å². The summed E-state index contributed by atoms with van der Waals surface area (Å²) in [5.74, 6) is 0.210. The number of amides is 2. The van der Waals surface area contributed by atoms with Gasteiger partial charge in [0.25, 0.3) is 0 Å². The lowest BCUT2D eigenvalue weighted by molar-refractivity contribution is -0.125. The molecule has 2 rings (SSSR count). The number of hydrogen-bond acceptors (Lipinski definition) is 4. The van der Waals surface area contributed by atoms with Gasteiger partial charge in [0.05, 0.1) is 12.6 Å². The van der Waals surface area contributed by atoms with E-state index < -0.39 is 0 Å². The zero-order chi connectivity index (χ0) is 15.1. The minimum absolute atomic E-state index is 0.0172. The van der Waals surface area contributed by atoms with Crippen molar-refractivity contribution >= 4 is 11.8 Å². The van der Waals surface area contributed by atoms with E-state index in [1.54, 1.807) is 7.05 Å². The lowest BCUT2D eigenvalue weighted by Crippen LogP contribution is -2.51. The Bertz CT molecular complexity index is 346. The van der Waals surface area contributed by atoms with Crippen LogP contribution in [0.4, 0.5) is 0 Å². The molecule has 1 unspecified atom stereocenters. The summed E-state index contributed by atoms with van der Waals surface area (Å²) in [7, 11) is 1.66. The number of likely N-dealkylation sites (N-methyl/N-ethyl adjacent to an activating group) is 1. The number of rotatable bonds is 4. The van der Waals surface area contributed by atoms with E-state index in [0.717, 1.165) is 45.3 Å². The van der Waals surface area contributed by atoms with E-state index >= 15 is 0 Å². The molecule has 0 radical (unpaired) electrons. The van der Waals surface area contributed by atoms with Crippen LogP contribution in [0.1, 0.15) is 38.5 Å². The number of piperidine rings is 1. The zero-order valence-electron chi connectivity index (χ0n) is 13.0. The van der Waals surface area contributed by atoms with Crippen molar-refractivity contribution in [3.63, 3.8) is 0 Å². The number of nitrogens with zero attached hydrogens (tertiary/aromatic N) is 1. The average molecular weight is 296 g/mol. The van der Waals surface area contributed by atoms with E-state index in [1.165, 1.54) is 12.8 Å². The van der Waals surface area contributed by atoms with Crippen LogP contribution in [0.2, 0.25) is 0 Å². The van der Waals surface area contributed by atoms with Crippen molar-refractivity contribution in [1.29, 1.82) is 0 Å². The third kappa shape index (κ3) is 5.28. The van der Waals surface area contributed by atoms with Crippen molar-refractivity contribution in [2.24, 2.45) is 0 Å². The molecule has 0 aliphatic carbocycles. The Hall–Kier alpha value is -1.14. The number of carbonyl (C=O) groups excluding carboxylic acids is 2. The zero-order valence-corrected chi connectivity index (χ0v) is 13.0. The summed E-state index contributed by atoms with van der Waals surface area (Å²) >= 11 is 0. The molecule has 0 aromatic carbocycles. The van der Waals surface area contributed by atoms with Gasteiger partial charge in [-0.15, -0.1) is 0 Å². The Morgan fingerprint density at radius 3 is 2.62 bits per heavy atom. The van der Waals surface area contributed by atoms with Crippen molar-refractivity contribution < 1.29 is 9.59 Å². The summed E-state index contributed by atoms with van der Waals surface area (Å²) in [4.78, 5) is 25.8. The first-order valence-corrected chi connectivity index (χ1v) is 8.15. The molecular formula is C15H28N4O2. The Labute approximate surface area is 127 Å². The molecule has 6 heteroatoms. The Morgan fingerprint density at radius 2 is 1.90 bits per heavy atom. The first kappa shape index (κ1) is 16.2. The highest BCUT2D eigenvalue weighted by Gasteiger charge is 2.25. The van der Waals surface area contributed by atoms with E-state index in [0.29, 0.717) is 6.54 Å². The molecule has 2 aliphatic rings. The lowest BCUT2D eigenvalue weighted by Gasteiger charge is -2.32. The summed E-state index contributed by atoms with van der Waals surface area (Å²) in [5, 5.41) is 9.16. The third-order valence-electron chi connectivity index (χ3n) is 4.46. The Balaban J connectivity index is 1.70. The third-order valence-corrected chi connectivity index (χ3v) is 4.46. The van der Waals surface area contributed by atoms with Crippen LogP contribution in [0, 0.1) is 0 Å². The molecule has 2 fully saturated rings. The summed E-state index contributed by atoms with van der Waals surface area (Å²) in [5.41, 5.74) is 0. The van der Waals surface area contributed by atoms with Gasteiger partial charge < -0.3 is 16.0 Å². The van der Waals surface area contributed by atoms with Crippen molar-refractivity contribution in [3.8, 4) is 0 Å². The number of likely N-dealkylation sites (tertiary alicyclic amines) is 1. The predicted molar refractivity (Wildman–Crippen MR) is 81.9 cm³/mol. The van der Waals surface area contributed by atoms with Crippen molar-refractivity contribution in [3.05, 3.63) is 0 Å². The molecule has 120 valence electrons. The van der Waals surface area contributed by atoms with E-state index in [9.17, 15) is 9.59 Å². The summed E-state index contributed by atoms with van der Waals surface area (Å²) in [6.45, 7) is 3.15. The molecule has 0 spiro atoms. The number of nitrogens with one attached hydrogen (secondary N) is 3. The second-order valence-electron chi connectivity index (χ2n) is 6.09. The maximum Gasteiger partial charge on any atom is 0.237 e. The van der Waals surface area contributed by atoms with Gasteiger partial charge in [-0.3, -0.25) is 14.5 Å². The lowest BCUT2D eigenvalue weighted by atomic mass is 10.0. The van der Waals surface area contributed by atoms with Crippen molar-refractivity contribution in [2.75, 3.05) is 33.2 Å². The Morgan fingerprint density at radius 1 is 1.14 bits per heavy atom. The highest BCUT2D eigenvalue weighted by molar-refractivity contribution is 5.82. The van der Waals surface area contributed by atoms with Crippen LogP contribution in [-0.2, 0) is 9.59 Å². The fraction of sp³-hybridized carbons (Fsp3) is 0.867. The smallest absolute Gasteiger partial charge is 0.237 e. The van der Waals surface area contributed by atoms with E-state index in [1.807, 2.05) is 0 Å². The molecule has 0 saturated carbocycles. The topological polar surface area (TPSA) is 73.5 Å². The second-order valence-corrected chi connectivity index (χ2v) is 6.09. The summed E-state index contributed by atoms with van der Waals surface area (Å²) < 4.78 is 0. The van der Waals surface area contributed by atoms with Crippen LogP contribution in [-0.4, -0.2) is 62.0 Å². The van der Waals surface area contributed by atoms with Crippen LogP contribution in [0.5, 0.6) is 0 Å². The van der Waals surface area contributed by atoms with Crippen LogP contribution in [0.15, 0.2) is 0 Å². The molecule has 0 aromatic rings.